The number of nitrogens with one attached hydrogen (secondary N) is 1. The van der Waals surface area contributed by atoms with Gasteiger partial charge < -0.3 is 10.4 Å². The van der Waals surface area contributed by atoms with Gasteiger partial charge in [-0.05, 0) is 45.8 Å². The zero-order chi connectivity index (χ0) is 14.7. The number of rotatable bonds is 4. The summed E-state index contributed by atoms with van der Waals surface area (Å²) in [6.07, 6.45) is 0. The first-order valence-corrected chi connectivity index (χ1v) is 6.42. The summed E-state index contributed by atoms with van der Waals surface area (Å²) in [5.74, 6) is -0.737. The van der Waals surface area contributed by atoms with Crippen molar-refractivity contribution >= 4 is 27.3 Å². The zero-order valence-electron chi connectivity index (χ0n) is 10.1. The van der Waals surface area contributed by atoms with Gasteiger partial charge in [0.2, 0.25) is 5.82 Å². The Kier molecular flexibility index (Phi) is 4.19. The van der Waals surface area contributed by atoms with E-state index in [0.717, 1.165) is 17.7 Å². The fourth-order valence-corrected chi connectivity index (χ4v) is 2.05. The monoisotopic (exact) mass is 340 g/mol. The lowest BCUT2D eigenvalue weighted by Gasteiger charge is -2.07. The summed E-state index contributed by atoms with van der Waals surface area (Å²) in [7, 11) is 0. The van der Waals surface area contributed by atoms with Gasteiger partial charge in [0.25, 0.3) is 0 Å². The molecular weight excluding hydrogens is 331 g/mol. The van der Waals surface area contributed by atoms with Crippen LogP contribution in [0, 0.1) is 15.9 Å². The van der Waals surface area contributed by atoms with E-state index in [2.05, 4.69) is 21.2 Å². The summed E-state index contributed by atoms with van der Waals surface area (Å²) in [5.41, 5.74) is 0.742. The molecule has 5 nitrogen and oxygen atoms in total. The van der Waals surface area contributed by atoms with Crippen LogP contribution in [-0.4, -0.2) is 10.0 Å². The Balaban J connectivity index is 2.12. The van der Waals surface area contributed by atoms with Crippen LogP contribution in [0.2, 0.25) is 0 Å². The van der Waals surface area contributed by atoms with E-state index < -0.39 is 16.4 Å². The Bertz CT molecular complexity index is 664. The van der Waals surface area contributed by atoms with Crippen molar-refractivity contribution in [3.05, 3.63) is 62.4 Å². The molecule has 0 aliphatic carbocycles. The van der Waals surface area contributed by atoms with E-state index in [1.165, 1.54) is 12.1 Å². The van der Waals surface area contributed by atoms with E-state index in [9.17, 15) is 19.6 Å². The predicted octanol–water partition coefficient (Wildman–Crippen LogP) is 3.81. The second-order valence-electron chi connectivity index (χ2n) is 4.06. The van der Waals surface area contributed by atoms with Gasteiger partial charge >= 0.3 is 5.69 Å². The Morgan fingerprint density at radius 3 is 2.70 bits per heavy atom. The van der Waals surface area contributed by atoms with Gasteiger partial charge in [-0.1, -0.05) is 6.07 Å². The molecule has 0 radical (unpaired) electrons. The van der Waals surface area contributed by atoms with Gasteiger partial charge in [0, 0.05) is 18.3 Å². The maximum absolute atomic E-state index is 13.2. The predicted molar refractivity (Wildman–Crippen MR) is 76.2 cm³/mol. The third-order valence-corrected chi connectivity index (χ3v) is 3.29. The first-order chi connectivity index (χ1) is 9.47. The number of phenols is 1. The van der Waals surface area contributed by atoms with Gasteiger partial charge in [-0.2, -0.15) is 4.39 Å². The molecule has 2 N–H and O–H groups in total. The summed E-state index contributed by atoms with van der Waals surface area (Å²) in [6.45, 7) is 0.391. The number of hydrogen-bond donors (Lipinski definition) is 2. The van der Waals surface area contributed by atoms with Crippen molar-refractivity contribution in [1.29, 1.82) is 0 Å². The van der Waals surface area contributed by atoms with E-state index in [-0.39, 0.29) is 5.75 Å². The largest absolute Gasteiger partial charge is 0.507 e. The maximum Gasteiger partial charge on any atom is 0.306 e. The second kappa shape index (κ2) is 5.87. The van der Waals surface area contributed by atoms with Crippen molar-refractivity contribution < 1.29 is 14.4 Å². The summed E-state index contributed by atoms with van der Waals surface area (Å²) < 4.78 is 13.7. The second-order valence-corrected chi connectivity index (χ2v) is 4.92. The molecule has 20 heavy (non-hydrogen) atoms. The number of benzene rings is 2. The van der Waals surface area contributed by atoms with Crippen LogP contribution in [0.25, 0.3) is 0 Å². The quantitative estimate of drug-likeness (QED) is 0.655. The summed E-state index contributed by atoms with van der Waals surface area (Å²) in [6, 6.07) is 8.59. The SMILES string of the molecule is O=[N+]([O-])c1cc(NCc2ccc(O)c(Br)c2)ccc1F. The molecule has 0 fully saturated rings. The van der Waals surface area contributed by atoms with Crippen LogP contribution in [0.3, 0.4) is 0 Å². The standard InChI is InChI=1S/C13H10BrFN2O3/c14-10-5-8(1-4-13(10)18)7-16-9-2-3-11(15)12(6-9)17(19)20/h1-6,16,18H,7H2. The third kappa shape index (κ3) is 3.24. The molecule has 0 heterocycles. The highest BCUT2D eigenvalue weighted by molar-refractivity contribution is 9.10. The molecular formula is C13H10BrFN2O3. The average Bonchev–Trinajstić information content (AvgIpc) is 2.41. The number of nitrogens with zero attached hydrogens (tertiary/aromatic N) is 1. The Morgan fingerprint density at radius 1 is 1.30 bits per heavy atom. The normalized spacial score (nSPS) is 10.3. The van der Waals surface area contributed by atoms with Crippen LogP contribution < -0.4 is 5.32 Å². The van der Waals surface area contributed by atoms with E-state index in [0.29, 0.717) is 16.7 Å². The Morgan fingerprint density at radius 2 is 2.05 bits per heavy atom. The first-order valence-electron chi connectivity index (χ1n) is 5.62. The van der Waals surface area contributed by atoms with E-state index >= 15 is 0 Å². The first kappa shape index (κ1) is 14.3. The van der Waals surface area contributed by atoms with Gasteiger partial charge in [-0.25, -0.2) is 0 Å². The molecule has 0 aliphatic heterocycles. The molecule has 0 aromatic heterocycles. The van der Waals surface area contributed by atoms with Crippen molar-refractivity contribution in [2.24, 2.45) is 0 Å². The maximum atomic E-state index is 13.2. The number of halogens is 2. The molecule has 0 saturated heterocycles. The minimum atomic E-state index is -0.868. The van der Waals surface area contributed by atoms with Gasteiger partial charge in [-0.3, -0.25) is 10.1 Å². The Hall–Kier alpha value is -2.15. The fourth-order valence-electron chi connectivity index (χ4n) is 1.63. The molecule has 0 aliphatic rings. The van der Waals surface area contributed by atoms with Crippen molar-refractivity contribution in [1.82, 2.24) is 0 Å². The summed E-state index contributed by atoms with van der Waals surface area (Å²) in [4.78, 5) is 9.87. The number of aromatic hydroxyl groups is 1. The number of hydrogen-bond acceptors (Lipinski definition) is 4. The van der Waals surface area contributed by atoms with Gasteiger partial charge in [0.05, 0.1) is 9.40 Å². The molecule has 0 spiro atoms. The minimum absolute atomic E-state index is 0.131. The topological polar surface area (TPSA) is 75.4 Å². The van der Waals surface area contributed by atoms with Crippen molar-refractivity contribution in [2.75, 3.05) is 5.32 Å². The molecule has 0 atom stereocenters. The molecule has 2 aromatic rings. The summed E-state index contributed by atoms with van der Waals surface area (Å²) in [5, 5.41) is 23.0. The van der Waals surface area contributed by atoms with Crippen LogP contribution in [-0.2, 0) is 6.54 Å². The van der Waals surface area contributed by atoms with Crippen LogP contribution >= 0.6 is 15.9 Å². The minimum Gasteiger partial charge on any atom is -0.507 e. The summed E-state index contributed by atoms with van der Waals surface area (Å²) >= 11 is 3.20. The highest BCUT2D eigenvalue weighted by Gasteiger charge is 2.14. The van der Waals surface area contributed by atoms with Crippen LogP contribution in [0.1, 0.15) is 5.56 Å². The zero-order valence-corrected chi connectivity index (χ0v) is 11.7. The van der Waals surface area contributed by atoms with E-state index in [4.69, 9.17) is 0 Å². The molecule has 7 heteroatoms. The fraction of sp³-hybridized carbons (Fsp3) is 0.0769. The lowest BCUT2D eigenvalue weighted by Crippen LogP contribution is -2.01. The van der Waals surface area contributed by atoms with Crippen LogP contribution in [0.5, 0.6) is 5.75 Å². The van der Waals surface area contributed by atoms with Gasteiger partial charge in [0.15, 0.2) is 0 Å². The molecule has 0 bridgehead atoms. The number of phenolic OH excluding ortho intramolecular Hbond substituents is 1. The highest BCUT2D eigenvalue weighted by atomic mass is 79.9. The number of nitro benzene ring substituents is 1. The lowest BCUT2D eigenvalue weighted by molar-refractivity contribution is -0.387. The molecule has 104 valence electrons. The van der Waals surface area contributed by atoms with Gasteiger partial charge in [-0.15, -0.1) is 0 Å². The number of anilines is 1. The van der Waals surface area contributed by atoms with Crippen LogP contribution in [0.4, 0.5) is 15.8 Å². The molecule has 0 saturated carbocycles. The smallest absolute Gasteiger partial charge is 0.306 e. The van der Waals surface area contributed by atoms with Crippen molar-refractivity contribution in [2.45, 2.75) is 6.54 Å². The average molecular weight is 341 g/mol. The third-order valence-electron chi connectivity index (χ3n) is 2.65. The van der Waals surface area contributed by atoms with Crippen LogP contribution in [0.15, 0.2) is 40.9 Å². The molecule has 0 unspecified atom stereocenters. The molecule has 2 aromatic carbocycles. The van der Waals surface area contributed by atoms with Crippen molar-refractivity contribution in [3.63, 3.8) is 0 Å². The lowest BCUT2D eigenvalue weighted by atomic mass is 10.2. The highest BCUT2D eigenvalue weighted by Crippen LogP contribution is 2.25. The Labute approximate surface area is 122 Å². The van der Waals surface area contributed by atoms with Crippen molar-refractivity contribution in [3.8, 4) is 5.75 Å². The van der Waals surface area contributed by atoms with E-state index in [1.807, 2.05) is 0 Å². The molecule has 2 rings (SSSR count). The molecule has 0 amide bonds. The number of nitro groups is 1. The van der Waals surface area contributed by atoms with Gasteiger partial charge in [0.1, 0.15) is 5.75 Å². The van der Waals surface area contributed by atoms with E-state index in [1.54, 1.807) is 12.1 Å².